The van der Waals surface area contributed by atoms with Gasteiger partial charge in [0.05, 0.1) is 13.2 Å². The fourth-order valence-corrected chi connectivity index (χ4v) is 3.70. The number of hydrogen-bond acceptors (Lipinski definition) is 8. The zero-order valence-corrected chi connectivity index (χ0v) is 24.5. The summed E-state index contributed by atoms with van der Waals surface area (Å²) >= 11 is 0. The van der Waals surface area contributed by atoms with Gasteiger partial charge in [0.25, 0.3) is 0 Å². The van der Waals surface area contributed by atoms with Crippen molar-refractivity contribution in [3.8, 4) is 0 Å². The van der Waals surface area contributed by atoms with E-state index in [-0.39, 0.29) is 32.6 Å². The molecule has 39 heavy (non-hydrogen) atoms. The zero-order valence-electron chi connectivity index (χ0n) is 23.6. The Labute approximate surface area is 234 Å². The minimum atomic E-state index is -4.36. The number of hydrogen-bond donors (Lipinski definition) is 2. The molecule has 0 aromatic heterocycles. The number of carbonyl (C=O) groups excluding carboxylic acids is 2. The standard InChI is InChI=1S/C29H48NO8P/c1-3-5-6-7-8-9-10-11-12-13-14-15-16-17-18-19-20-22-29(32)38-27(25-35-28(31)21-4-2)26-37-39(33,34)36-24-23-30/h5-6,8-9,11-12,14-15,17-18,27H,3-4,7,10,13,16,19-26,30H2,1-2H3,(H,33,34)/b6-5-,9-8-,12-11-,15-14-,18-17-. The van der Waals surface area contributed by atoms with Gasteiger partial charge in [-0.25, -0.2) is 4.57 Å². The van der Waals surface area contributed by atoms with E-state index >= 15 is 0 Å². The Balaban J connectivity index is 4.25. The number of ether oxygens (including phenoxy) is 2. The number of unbranched alkanes of at least 4 members (excludes halogenated alkanes) is 1. The monoisotopic (exact) mass is 569 g/mol. The van der Waals surface area contributed by atoms with E-state index in [9.17, 15) is 19.0 Å². The van der Waals surface area contributed by atoms with Crippen LogP contribution in [0.3, 0.4) is 0 Å². The lowest BCUT2D eigenvalue weighted by Gasteiger charge is -2.19. The Kier molecular flexibility index (Phi) is 24.4. The molecule has 2 atom stereocenters. The first kappa shape index (κ1) is 36.7. The van der Waals surface area contributed by atoms with Crippen molar-refractivity contribution in [2.24, 2.45) is 5.73 Å². The molecule has 0 fully saturated rings. The van der Waals surface area contributed by atoms with Gasteiger partial charge in [0.2, 0.25) is 0 Å². The number of allylic oxidation sites excluding steroid dienone is 10. The van der Waals surface area contributed by atoms with E-state index in [1.165, 1.54) is 0 Å². The molecule has 0 heterocycles. The van der Waals surface area contributed by atoms with Crippen molar-refractivity contribution in [1.29, 1.82) is 0 Å². The lowest BCUT2D eigenvalue weighted by Crippen LogP contribution is -2.29. The molecule has 0 radical (unpaired) electrons. The van der Waals surface area contributed by atoms with E-state index in [4.69, 9.17) is 19.7 Å². The van der Waals surface area contributed by atoms with Crippen LogP contribution in [-0.4, -0.2) is 49.3 Å². The molecule has 2 unspecified atom stereocenters. The Hall–Kier alpha value is -2.29. The molecular formula is C29H48NO8P. The van der Waals surface area contributed by atoms with Crippen LogP contribution < -0.4 is 5.73 Å². The average molecular weight is 570 g/mol. The minimum absolute atomic E-state index is 0.0405. The van der Waals surface area contributed by atoms with Crippen molar-refractivity contribution in [2.75, 3.05) is 26.4 Å². The number of phosphoric ester groups is 1. The number of carbonyl (C=O) groups is 2. The molecular weight excluding hydrogens is 521 g/mol. The van der Waals surface area contributed by atoms with Crippen molar-refractivity contribution in [2.45, 2.75) is 84.2 Å². The Bertz CT molecular complexity index is 835. The topological polar surface area (TPSA) is 134 Å². The normalized spacial score (nSPS) is 14.7. The molecule has 10 heteroatoms. The highest BCUT2D eigenvalue weighted by molar-refractivity contribution is 7.47. The molecule has 0 aliphatic heterocycles. The first-order valence-electron chi connectivity index (χ1n) is 13.8. The fourth-order valence-electron chi connectivity index (χ4n) is 2.94. The Morgan fingerprint density at radius 3 is 1.90 bits per heavy atom. The van der Waals surface area contributed by atoms with Gasteiger partial charge in [-0.2, -0.15) is 0 Å². The molecule has 0 amide bonds. The van der Waals surface area contributed by atoms with Crippen molar-refractivity contribution < 1.29 is 37.6 Å². The number of nitrogens with two attached hydrogens (primary N) is 1. The minimum Gasteiger partial charge on any atom is -0.462 e. The van der Waals surface area contributed by atoms with Gasteiger partial charge in [0, 0.05) is 19.4 Å². The summed E-state index contributed by atoms with van der Waals surface area (Å²) in [7, 11) is -4.36. The summed E-state index contributed by atoms with van der Waals surface area (Å²) < 4.78 is 31.7. The van der Waals surface area contributed by atoms with Crippen LogP contribution in [0.4, 0.5) is 0 Å². The number of esters is 2. The summed E-state index contributed by atoms with van der Waals surface area (Å²) in [5.74, 6) is -0.971. The molecule has 0 aliphatic rings. The molecule has 0 spiro atoms. The van der Waals surface area contributed by atoms with Gasteiger partial charge in [0.15, 0.2) is 6.10 Å². The van der Waals surface area contributed by atoms with Gasteiger partial charge < -0.3 is 20.1 Å². The van der Waals surface area contributed by atoms with Crippen LogP contribution in [0.25, 0.3) is 0 Å². The van der Waals surface area contributed by atoms with E-state index in [0.29, 0.717) is 19.3 Å². The van der Waals surface area contributed by atoms with Gasteiger partial charge >= 0.3 is 19.8 Å². The summed E-state index contributed by atoms with van der Waals surface area (Å²) in [6.45, 7) is 3.09. The predicted molar refractivity (Wildman–Crippen MR) is 155 cm³/mol. The van der Waals surface area contributed by atoms with Gasteiger partial charge in [0.1, 0.15) is 6.61 Å². The van der Waals surface area contributed by atoms with Crippen LogP contribution in [0, 0.1) is 0 Å². The third kappa shape index (κ3) is 25.7. The van der Waals surface area contributed by atoms with Crippen LogP contribution in [0.1, 0.15) is 78.1 Å². The van der Waals surface area contributed by atoms with Crippen molar-refractivity contribution in [3.63, 3.8) is 0 Å². The van der Waals surface area contributed by atoms with E-state index in [1.807, 2.05) is 19.1 Å². The van der Waals surface area contributed by atoms with Crippen molar-refractivity contribution in [1.82, 2.24) is 0 Å². The lowest BCUT2D eigenvalue weighted by molar-refractivity contribution is -0.161. The molecule has 0 aromatic rings. The lowest BCUT2D eigenvalue weighted by atomic mass is 10.2. The smallest absolute Gasteiger partial charge is 0.462 e. The highest BCUT2D eigenvalue weighted by Gasteiger charge is 2.25. The first-order chi connectivity index (χ1) is 18.8. The van der Waals surface area contributed by atoms with Crippen LogP contribution >= 0.6 is 7.82 Å². The molecule has 222 valence electrons. The van der Waals surface area contributed by atoms with Crippen LogP contribution in [0.2, 0.25) is 0 Å². The van der Waals surface area contributed by atoms with Crippen LogP contribution in [0.15, 0.2) is 60.8 Å². The molecule has 0 bridgehead atoms. The van der Waals surface area contributed by atoms with Gasteiger partial charge in [-0.1, -0.05) is 74.6 Å². The number of phosphoric acid groups is 1. The maximum Gasteiger partial charge on any atom is 0.472 e. The van der Waals surface area contributed by atoms with E-state index in [2.05, 4.69) is 60.1 Å². The molecule has 9 nitrogen and oxygen atoms in total. The quantitative estimate of drug-likeness (QED) is 0.0598. The summed E-state index contributed by atoms with van der Waals surface area (Å²) in [4.78, 5) is 33.5. The zero-order chi connectivity index (χ0) is 29.0. The second-order valence-electron chi connectivity index (χ2n) is 8.53. The average Bonchev–Trinajstić information content (AvgIpc) is 2.91. The van der Waals surface area contributed by atoms with E-state index in [1.54, 1.807) is 0 Å². The molecule has 0 saturated carbocycles. The summed E-state index contributed by atoms with van der Waals surface area (Å²) in [5.41, 5.74) is 5.25. The van der Waals surface area contributed by atoms with Crippen LogP contribution in [-0.2, 0) is 32.7 Å². The molecule has 0 aliphatic carbocycles. The first-order valence-corrected chi connectivity index (χ1v) is 15.3. The summed E-state index contributed by atoms with van der Waals surface area (Å²) in [6.07, 6.45) is 27.2. The Morgan fingerprint density at radius 2 is 1.36 bits per heavy atom. The highest BCUT2D eigenvalue weighted by atomic mass is 31.2. The third-order valence-electron chi connectivity index (χ3n) is 4.89. The Morgan fingerprint density at radius 1 is 0.795 bits per heavy atom. The maximum atomic E-state index is 12.2. The van der Waals surface area contributed by atoms with Gasteiger partial charge in [-0.3, -0.25) is 18.6 Å². The maximum absolute atomic E-state index is 12.2. The highest BCUT2D eigenvalue weighted by Crippen LogP contribution is 2.43. The summed E-state index contributed by atoms with van der Waals surface area (Å²) in [5, 5.41) is 0. The third-order valence-corrected chi connectivity index (χ3v) is 5.87. The van der Waals surface area contributed by atoms with Crippen molar-refractivity contribution in [3.05, 3.63) is 60.8 Å². The van der Waals surface area contributed by atoms with E-state index in [0.717, 1.165) is 32.1 Å². The second kappa shape index (κ2) is 26.0. The van der Waals surface area contributed by atoms with E-state index < -0.39 is 32.5 Å². The van der Waals surface area contributed by atoms with Crippen molar-refractivity contribution >= 4 is 19.8 Å². The number of rotatable bonds is 24. The largest absolute Gasteiger partial charge is 0.472 e. The second-order valence-corrected chi connectivity index (χ2v) is 9.98. The molecule has 3 N–H and O–H groups in total. The van der Waals surface area contributed by atoms with Crippen LogP contribution in [0.5, 0.6) is 0 Å². The van der Waals surface area contributed by atoms with Gasteiger partial charge in [-0.05, 0) is 51.4 Å². The fraction of sp³-hybridized carbons (Fsp3) is 0.586. The summed E-state index contributed by atoms with van der Waals surface area (Å²) in [6, 6.07) is 0. The molecule has 0 rings (SSSR count). The molecule has 0 saturated heterocycles. The predicted octanol–water partition coefficient (Wildman–Crippen LogP) is 6.26. The SMILES string of the molecule is CC/C=C\C/C=C\C/C=C\C/C=C\C/C=C\CCCC(=O)OC(COC(=O)CCC)COP(=O)(O)OCCN. The molecule has 0 aromatic carbocycles. The van der Waals surface area contributed by atoms with Gasteiger partial charge in [-0.15, -0.1) is 0 Å².